The lowest BCUT2D eigenvalue weighted by molar-refractivity contribution is -0.149. The molecule has 0 aliphatic rings. The molecule has 0 aromatic rings. The van der Waals surface area contributed by atoms with Gasteiger partial charge in [-0.15, -0.1) is 0 Å². The fourth-order valence-corrected chi connectivity index (χ4v) is 1.50. The van der Waals surface area contributed by atoms with Crippen LogP contribution in [0.15, 0.2) is 0 Å². The van der Waals surface area contributed by atoms with Crippen LogP contribution in [0.4, 0.5) is 0 Å². The molecule has 4 heteroatoms. The van der Waals surface area contributed by atoms with Crippen LogP contribution in [-0.4, -0.2) is 25.2 Å². The van der Waals surface area contributed by atoms with Crippen LogP contribution in [0.25, 0.3) is 0 Å². The molecular weight excluding hydrogens is 220 g/mol. The fraction of sp³-hybridized carbons (Fsp3) is 0.846. The van der Waals surface area contributed by atoms with Crippen molar-refractivity contribution in [1.29, 1.82) is 0 Å². The zero-order valence-corrected chi connectivity index (χ0v) is 11.5. The van der Waals surface area contributed by atoms with Crippen molar-refractivity contribution in [3.8, 4) is 0 Å². The molecule has 0 amide bonds. The molecule has 1 atom stereocenters. The van der Waals surface area contributed by atoms with E-state index in [1.807, 2.05) is 20.8 Å². The minimum absolute atomic E-state index is 0.0750. The Bertz CT molecular complexity index is 258. The van der Waals surface area contributed by atoms with Crippen LogP contribution in [0.5, 0.6) is 0 Å². The summed E-state index contributed by atoms with van der Waals surface area (Å²) in [5, 5.41) is 0. The summed E-state index contributed by atoms with van der Waals surface area (Å²) >= 11 is 0. The zero-order valence-electron chi connectivity index (χ0n) is 11.5. The molecule has 0 spiro atoms. The second-order valence-corrected chi connectivity index (χ2v) is 4.88. The van der Waals surface area contributed by atoms with Gasteiger partial charge in [0.05, 0.1) is 19.6 Å². The first-order valence-corrected chi connectivity index (χ1v) is 6.14. The summed E-state index contributed by atoms with van der Waals surface area (Å²) in [6.07, 6.45) is 0.654. The molecule has 0 N–H and O–H groups in total. The molecule has 0 fully saturated rings. The summed E-state index contributed by atoms with van der Waals surface area (Å²) in [6.45, 7) is 10.2. The van der Waals surface area contributed by atoms with Crippen LogP contribution in [-0.2, 0) is 19.1 Å². The first-order chi connectivity index (χ1) is 7.83. The van der Waals surface area contributed by atoms with E-state index in [9.17, 15) is 9.59 Å². The Labute approximate surface area is 104 Å². The Morgan fingerprint density at radius 2 is 1.53 bits per heavy atom. The van der Waals surface area contributed by atoms with Crippen molar-refractivity contribution in [3.05, 3.63) is 0 Å². The molecule has 0 aromatic carbocycles. The van der Waals surface area contributed by atoms with Gasteiger partial charge in [0.2, 0.25) is 0 Å². The normalized spacial score (nSPS) is 13.0. The van der Waals surface area contributed by atoms with Crippen LogP contribution in [0, 0.1) is 11.3 Å². The van der Waals surface area contributed by atoms with Crippen molar-refractivity contribution in [1.82, 2.24) is 0 Å². The van der Waals surface area contributed by atoms with Crippen molar-refractivity contribution >= 4 is 11.9 Å². The topological polar surface area (TPSA) is 52.6 Å². The molecule has 0 radical (unpaired) electrons. The van der Waals surface area contributed by atoms with Crippen molar-refractivity contribution in [2.45, 2.75) is 47.5 Å². The Kier molecular flexibility index (Phi) is 6.85. The van der Waals surface area contributed by atoms with Gasteiger partial charge in [0.1, 0.15) is 0 Å². The van der Waals surface area contributed by atoms with Crippen LogP contribution in [0.2, 0.25) is 0 Å². The smallest absolute Gasteiger partial charge is 0.306 e. The highest BCUT2D eigenvalue weighted by Gasteiger charge is 2.31. The maximum absolute atomic E-state index is 11.4. The average Bonchev–Trinajstić information content (AvgIpc) is 2.17. The van der Waals surface area contributed by atoms with Gasteiger partial charge in [0.25, 0.3) is 0 Å². The van der Waals surface area contributed by atoms with Crippen molar-refractivity contribution in [2.75, 3.05) is 13.2 Å². The molecule has 0 aromatic heterocycles. The molecule has 4 nitrogen and oxygen atoms in total. The van der Waals surface area contributed by atoms with Gasteiger partial charge in [0, 0.05) is 6.42 Å². The van der Waals surface area contributed by atoms with Gasteiger partial charge >= 0.3 is 11.9 Å². The van der Waals surface area contributed by atoms with Crippen LogP contribution >= 0.6 is 0 Å². The lowest BCUT2D eigenvalue weighted by Gasteiger charge is -2.30. The van der Waals surface area contributed by atoms with Gasteiger partial charge in [-0.2, -0.15) is 0 Å². The molecule has 17 heavy (non-hydrogen) atoms. The zero-order chi connectivity index (χ0) is 13.5. The fourth-order valence-electron chi connectivity index (χ4n) is 1.50. The van der Waals surface area contributed by atoms with E-state index in [1.54, 1.807) is 13.8 Å². The predicted octanol–water partition coefficient (Wildman–Crippen LogP) is 2.56. The maximum Gasteiger partial charge on any atom is 0.306 e. The predicted molar refractivity (Wildman–Crippen MR) is 65.4 cm³/mol. The van der Waals surface area contributed by atoms with E-state index in [0.29, 0.717) is 26.1 Å². The first-order valence-electron chi connectivity index (χ1n) is 6.14. The van der Waals surface area contributed by atoms with E-state index >= 15 is 0 Å². The van der Waals surface area contributed by atoms with E-state index in [1.165, 1.54) is 0 Å². The first kappa shape index (κ1) is 15.9. The van der Waals surface area contributed by atoms with Gasteiger partial charge < -0.3 is 9.47 Å². The van der Waals surface area contributed by atoms with Gasteiger partial charge in [-0.1, -0.05) is 20.8 Å². The summed E-state index contributed by atoms with van der Waals surface area (Å²) in [5.74, 6) is -0.351. The van der Waals surface area contributed by atoms with Gasteiger partial charge in [-0.3, -0.25) is 9.59 Å². The Balaban J connectivity index is 4.28. The third kappa shape index (κ3) is 6.29. The molecule has 0 heterocycles. The van der Waals surface area contributed by atoms with Gasteiger partial charge in [-0.05, 0) is 25.2 Å². The SMILES string of the molecule is CCOC(=O)CC(C)C(C)(C)CC(=O)OCC. The molecule has 0 rings (SSSR count). The molecule has 0 bridgehead atoms. The summed E-state index contributed by atoms with van der Waals surface area (Å²) in [6, 6.07) is 0. The lowest BCUT2D eigenvalue weighted by atomic mass is 9.75. The largest absolute Gasteiger partial charge is 0.466 e. The third-order valence-electron chi connectivity index (χ3n) is 3.02. The minimum atomic E-state index is -0.265. The quantitative estimate of drug-likeness (QED) is 0.646. The highest BCUT2D eigenvalue weighted by molar-refractivity contribution is 5.71. The summed E-state index contributed by atoms with van der Waals surface area (Å²) in [5.41, 5.74) is -0.265. The van der Waals surface area contributed by atoms with Crippen molar-refractivity contribution in [2.24, 2.45) is 11.3 Å². The Morgan fingerprint density at radius 1 is 1.06 bits per heavy atom. The molecular formula is C13H24O4. The number of hydrogen-bond acceptors (Lipinski definition) is 4. The number of carbonyl (C=O) groups excluding carboxylic acids is 2. The van der Waals surface area contributed by atoms with Crippen LogP contribution in [0.3, 0.4) is 0 Å². The molecule has 0 saturated heterocycles. The van der Waals surface area contributed by atoms with E-state index in [-0.39, 0.29) is 23.3 Å². The minimum Gasteiger partial charge on any atom is -0.466 e. The van der Waals surface area contributed by atoms with E-state index in [0.717, 1.165) is 0 Å². The highest BCUT2D eigenvalue weighted by atomic mass is 16.5. The third-order valence-corrected chi connectivity index (χ3v) is 3.02. The Morgan fingerprint density at radius 3 is 2.00 bits per heavy atom. The molecule has 1 unspecified atom stereocenters. The number of carbonyl (C=O) groups is 2. The van der Waals surface area contributed by atoms with Crippen molar-refractivity contribution in [3.63, 3.8) is 0 Å². The average molecular weight is 244 g/mol. The van der Waals surface area contributed by atoms with Gasteiger partial charge in [-0.25, -0.2) is 0 Å². The van der Waals surface area contributed by atoms with E-state index < -0.39 is 0 Å². The number of rotatable bonds is 7. The molecule has 0 saturated carbocycles. The Hall–Kier alpha value is -1.06. The summed E-state index contributed by atoms with van der Waals surface area (Å²) in [4.78, 5) is 22.8. The van der Waals surface area contributed by atoms with E-state index in [2.05, 4.69) is 0 Å². The summed E-state index contributed by atoms with van der Waals surface area (Å²) in [7, 11) is 0. The van der Waals surface area contributed by atoms with Crippen molar-refractivity contribution < 1.29 is 19.1 Å². The van der Waals surface area contributed by atoms with Crippen LogP contribution in [0.1, 0.15) is 47.5 Å². The lowest BCUT2D eigenvalue weighted by Crippen LogP contribution is -2.28. The van der Waals surface area contributed by atoms with Crippen LogP contribution < -0.4 is 0 Å². The second kappa shape index (κ2) is 7.30. The molecule has 0 aliphatic carbocycles. The highest BCUT2D eigenvalue weighted by Crippen LogP contribution is 2.33. The van der Waals surface area contributed by atoms with Gasteiger partial charge in [0.15, 0.2) is 0 Å². The van der Waals surface area contributed by atoms with E-state index in [4.69, 9.17) is 9.47 Å². The number of esters is 2. The monoisotopic (exact) mass is 244 g/mol. The molecule has 100 valence electrons. The number of ether oxygens (including phenoxy) is 2. The second-order valence-electron chi connectivity index (χ2n) is 4.88. The number of hydrogen-bond donors (Lipinski definition) is 0. The molecule has 0 aliphatic heterocycles. The summed E-state index contributed by atoms with van der Waals surface area (Å²) < 4.78 is 9.83. The maximum atomic E-state index is 11.4. The standard InChI is InChI=1S/C13H24O4/c1-6-16-11(14)8-10(3)13(4,5)9-12(15)17-7-2/h10H,6-9H2,1-5H3.